The Morgan fingerprint density at radius 1 is 1.33 bits per heavy atom. The van der Waals surface area contributed by atoms with Crippen molar-refractivity contribution in [3.8, 4) is 0 Å². The molecule has 1 aromatic carbocycles. The average molecular weight is 309 g/mol. The molecule has 114 valence electrons. The lowest BCUT2D eigenvalue weighted by molar-refractivity contribution is -0.180. The van der Waals surface area contributed by atoms with E-state index < -0.39 is 5.79 Å². The highest BCUT2D eigenvalue weighted by Gasteiger charge is 2.39. The van der Waals surface area contributed by atoms with Crippen LogP contribution in [0, 0.1) is 0 Å². The van der Waals surface area contributed by atoms with Crippen molar-refractivity contribution in [1.82, 2.24) is 9.55 Å². The summed E-state index contributed by atoms with van der Waals surface area (Å²) in [5, 5.41) is 0. The zero-order valence-electron chi connectivity index (χ0n) is 12.1. The number of ether oxygens (including phenoxy) is 2. The van der Waals surface area contributed by atoms with Gasteiger partial charge in [0.15, 0.2) is 5.79 Å². The van der Waals surface area contributed by atoms with Crippen LogP contribution >= 0.6 is 12.4 Å². The molecular formula is C16H21ClN2O2. The average Bonchev–Trinajstić information content (AvgIpc) is 3.09. The van der Waals surface area contributed by atoms with Crippen LogP contribution in [0.2, 0.25) is 0 Å². The van der Waals surface area contributed by atoms with E-state index in [0.717, 1.165) is 12.8 Å². The number of hydrogen-bond donors (Lipinski definition) is 0. The van der Waals surface area contributed by atoms with Gasteiger partial charge in [0, 0.05) is 18.8 Å². The van der Waals surface area contributed by atoms with Crippen LogP contribution in [-0.4, -0.2) is 28.0 Å². The molecule has 2 aromatic rings. The minimum atomic E-state index is -0.532. The summed E-state index contributed by atoms with van der Waals surface area (Å²) in [6.07, 6.45) is 7.47. The van der Waals surface area contributed by atoms with Gasteiger partial charge >= 0.3 is 0 Å². The van der Waals surface area contributed by atoms with Crippen molar-refractivity contribution in [2.24, 2.45) is 0 Å². The van der Waals surface area contributed by atoms with Crippen molar-refractivity contribution < 1.29 is 9.47 Å². The van der Waals surface area contributed by atoms with Crippen LogP contribution in [0.1, 0.15) is 18.9 Å². The van der Waals surface area contributed by atoms with Gasteiger partial charge in [-0.15, -0.1) is 12.4 Å². The van der Waals surface area contributed by atoms with Crippen LogP contribution in [0.3, 0.4) is 0 Å². The molecule has 0 amide bonds. The lowest BCUT2D eigenvalue weighted by Gasteiger charge is -2.28. The Morgan fingerprint density at radius 2 is 2.14 bits per heavy atom. The van der Waals surface area contributed by atoms with Crippen LogP contribution in [0.15, 0.2) is 49.1 Å². The van der Waals surface area contributed by atoms with Crippen molar-refractivity contribution in [2.75, 3.05) is 6.61 Å². The van der Waals surface area contributed by atoms with E-state index in [1.54, 1.807) is 12.5 Å². The fourth-order valence-electron chi connectivity index (χ4n) is 2.63. The molecule has 1 fully saturated rings. The smallest absolute Gasteiger partial charge is 0.187 e. The van der Waals surface area contributed by atoms with Crippen LogP contribution < -0.4 is 0 Å². The Balaban J connectivity index is 0.00000161. The zero-order chi connectivity index (χ0) is 13.8. The van der Waals surface area contributed by atoms with Gasteiger partial charge in [0.25, 0.3) is 0 Å². The van der Waals surface area contributed by atoms with E-state index in [2.05, 4.69) is 36.2 Å². The third-order valence-corrected chi connectivity index (χ3v) is 3.62. The Labute approximate surface area is 131 Å². The first kappa shape index (κ1) is 16.0. The highest BCUT2D eigenvalue weighted by atomic mass is 35.5. The van der Waals surface area contributed by atoms with Gasteiger partial charge < -0.3 is 14.0 Å². The van der Waals surface area contributed by atoms with E-state index in [4.69, 9.17) is 9.47 Å². The molecule has 0 unspecified atom stereocenters. The minimum absolute atomic E-state index is 0. The molecule has 2 atom stereocenters. The Morgan fingerprint density at radius 3 is 2.76 bits per heavy atom. The lowest BCUT2D eigenvalue weighted by Crippen LogP contribution is -2.36. The predicted octanol–water partition coefficient (Wildman–Crippen LogP) is 3.07. The molecule has 1 aliphatic rings. The monoisotopic (exact) mass is 308 g/mol. The van der Waals surface area contributed by atoms with Gasteiger partial charge in [-0.3, -0.25) is 0 Å². The van der Waals surface area contributed by atoms with Crippen LogP contribution in [-0.2, 0) is 22.4 Å². The normalized spacial score (nSPS) is 24.7. The molecule has 0 N–H and O–H groups in total. The van der Waals surface area contributed by atoms with E-state index in [1.807, 2.05) is 16.8 Å². The first-order valence-corrected chi connectivity index (χ1v) is 7.07. The van der Waals surface area contributed by atoms with Gasteiger partial charge in [-0.1, -0.05) is 30.3 Å². The molecule has 5 heteroatoms. The summed E-state index contributed by atoms with van der Waals surface area (Å²) in [5.74, 6) is -0.532. The number of halogens is 1. The first-order chi connectivity index (χ1) is 9.76. The molecule has 0 saturated carbocycles. The fourth-order valence-corrected chi connectivity index (χ4v) is 2.63. The van der Waals surface area contributed by atoms with Crippen LogP contribution in [0.5, 0.6) is 0 Å². The standard InChI is InChI=1S/C16H20N2O2.ClH/c1-14-11-19-16(20-14,12-18-10-9-17-13-18)8-7-15-5-3-2-4-6-15;/h2-6,9-10,13-14H,7-8,11-12H2,1H3;1H/t14-,16-;/m1./s1. The third-order valence-electron chi connectivity index (χ3n) is 3.62. The summed E-state index contributed by atoms with van der Waals surface area (Å²) < 4.78 is 14.1. The molecule has 0 spiro atoms. The summed E-state index contributed by atoms with van der Waals surface area (Å²) in [6.45, 7) is 3.39. The maximum atomic E-state index is 6.07. The van der Waals surface area contributed by atoms with Crippen molar-refractivity contribution in [3.05, 3.63) is 54.6 Å². The van der Waals surface area contributed by atoms with Crippen LogP contribution in [0.25, 0.3) is 0 Å². The van der Waals surface area contributed by atoms with Crippen LogP contribution in [0.4, 0.5) is 0 Å². The zero-order valence-corrected chi connectivity index (χ0v) is 13.0. The Hall–Kier alpha value is -1.36. The molecule has 2 heterocycles. The van der Waals surface area contributed by atoms with Gasteiger partial charge in [0.1, 0.15) is 0 Å². The van der Waals surface area contributed by atoms with E-state index in [-0.39, 0.29) is 18.5 Å². The highest BCUT2D eigenvalue weighted by molar-refractivity contribution is 5.85. The highest BCUT2D eigenvalue weighted by Crippen LogP contribution is 2.30. The van der Waals surface area contributed by atoms with E-state index in [1.165, 1.54) is 5.56 Å². The number of rotatable bonds is 5. The number of aryl methyl sites for hydroxylation is 1. The van der Waals surface area contributed by atoms with Gasteiger partial charge in [-0.2, -0.15) is 0 Å². The quantitative estimate of drug-likeness (QED) is 0.851. The number of hydrogen-bond acceptors (Lipinski definition) is 3. The summed E-state index contributed by atoms with van der Waals surface area (Å²) in [7, 11) is 0. The molecule has 1 aliphatic heterocycles. The van der Waals surface area contributed by atoms with Gasteiger partial charge in [0.05, 0.1) is 25.6 Å². The van der Waals surface area contributed by atoms with Crippen molar-refractivity contribution in [1.29, 1.82) is 0 Å². The van der Waals surface area contributed by atoms with Gasteiger partial charge in [-0.05, 0) is 18.9 Å². The molecular weight excluding hydrogens is 288 g/mol. The first-order valence-electron chi connectivity index (χ1n) is 7.07. The molecule has 0 bridgehead atoms. The largest absolute Gasteiger partial charge is 0.345 e. The van der Waals surface area contributed by atoms with Gasteiger partial charge in [0.2, 0.25) is 0 Å². The Bertz CT molecular complexity index is 532. The number of benzene rings is 1. The second-order valence-electron chi connectivity index (χ2n) is 5.37. The van der Waals surface area contributed by atoms with Gasteiger partial charge in [-0.25, -0.2) is 4.98 Å². The molecule has 1 aromatic heterocycles. The van der Waals surface area contributed by atoms with Crippen molar-refractivity contribution in [2.45, 2.75) is 38.2 Å². The molecule has 3 rings (SSSR count). The minimum Gasteiger partial charge on any atom is -0.345 e. The van der Waals surface area contributed by atoms with E-state index >= 15 is 0 Å². The SMILES string of the molecule is C[C@@H]1CO[C@@](CCc2ccccc2)(Cn2ccnc2)O1.Cl. The number of aromatic nitrogens is 2. The molecule has 21 heavy (non-hydrogen) atoms. The fraction of sp³-hybridized carbons (Fsp3) is 0.438. The molecule has 1 saturated heterocycles. The summed E-state index contributed by atoms with van der Waals surface area (Å²) in [5.41, 5.74) is 1.31. The summed E-state index contributed by atoms with van der Waals surface area (Å²) >= 11 is 0. The maximum absolute atomic E-state index is 6.07. The Kier molecular flexibility index (Phi) is 5.39. The number of imidazole rings is 1. The topological polar surface area (TPSA) is 36.3 Å². The maximum Gasteiger partial charge on any atom is 0.187 e. The molecule has 4 nitrogen and oxygen atoms in total. The number of nitrogens with zero attached hydrogens (tertiary/aromatic N) is 2. The third kappa shape index (κ3) is 4.06. The second-order valence-corrected chi connectivity index (χ2v) is 5.37. The summed E-state index contributed by atoms with van der Waals surface area (Å²) in [6, 6.07) is 10.5. The second kappa shape index (κ2) is 7.07. The van der Waals surface area contributed by atoms with E-state index in [9.17, 15) is 0 Å². The molecule has 0 radical (unpaired) electrons. The lowest BCUT2D eigenvalue weighted by atomic mass is 10.0. The van der Waals surface area contributed by atoms with Crippen molar-refractivity contribution >= 4 is 12.4 Å². The van der Waals surface area contributed by atoms with Crippen molar-refractivity contribution in [3.63, 3.8) is 0 Å². The van der Waals surface area contributed by atoms with E-state index in [0.29, 0.717) is 13.2 Å². The predicted molar refractivity (Wildman–Crippen MR) is 83.5 cm³/mol. The molecule has 0 aliphatic carbocycles. The summed E-state index contributed by atoms with van der Waals surface area (Å²) in [4.78, 5) is 4.08.